The van der Waals surface area contributed by atoms with Crippen molar-refractivity contribution in [1.29, 1.82) is 0 Å². The first-order valence-corrected chi connectivity index (χ1v) is 8.10. The summed E-state index contributed by atoms with van der Waals surface area (Å²) in [5, 5.41) is 2.78. The molecule has 1 nitrogen and oxygen atoms in total. The summed E-state index contributed by atoms with van der Waals surface area (Å²) in [6.45, 7) is 3.99. The molecule has 3 aromatic carbocycles. The van der Waals surface area contributed by atoms with Crippen molar-refractivity contribution in [3.05, 3.63) is 88.5 Å². The van der Waals surface area contributed by atoms with Gasteiger partial charge >= 0.3 is 0 Å². The summed E-state index contributed by atoms with van der Waals surface area (Å²) in [4.78, 5) is 0. The van der Waals surface area contributed by atoms with E-state index >= 15 is 0 Å². The first-order chi connectivity index (χ1) is 12.4. The van der Waals surface area contributed by atoms with Crippen molar-refractivity contribution in [2.45, 2.75) is 20.4 Å². The van der Waals surface area contributed by atoms with Crippen LogP contribution in [0.4, 0.5) is 23.2 Å². The van der Waals surface area contributed by atoms with Gasteiger partial charge in [-0.05, 0) is 72.0 Å². The molecule has 0 bridgehead atoms. The molecule has 26 heavy (non-hydrogen) atoms. The average Bonchev–Trinajstić information content (AvgIpc) is 2.60. The van der Waals surface area contributed by atoms with Crippen LogP contribution in [0.25, 0.3) is 11.1 Å². The molecule has 0 aliphatic heterocycles. The SMILES string of the molecule is Cc1cc(-c2ccc(F)c(F)c2)cc(CNc2c(F)cccc2F)c1C. The number of rotatable bonds is 4. The van der Waals surface area contributed by atoms with Gasteiger partial charge in [-0.3, -0.25) is 0 Å². The summed E-state index contributed by atoms with van der Waals surface area (Å²) in [5.74, 6) is -3.17. The van der Waals surface area contributed by atoms with Crippen molar-refractivity contribution in [1.82, 2.24) is 0 Å². The number of hydrogen-bond acceptors (Lipinski definition) is 1. The molecular weight excluding hydrogens is 342 g/mol. The molecule has 134 valence electrons. The number of nitrogens with one attached hydrogen (secondary N) is 1. The van der Waals surface area contributed by atoms with Gasteiger partial charge in [-0.1, -0.05) is 18.2 Å². The smallest absolute Gasteiger partial charge is 0.159 e. The summed E-state index contributed by atoms with van der Waals surface area (Å²) in [5.41, 5.74) is 3.76. The number of anilines is 1. The van der Waals surface area contributed by atoms with Crippen LogP contribution in [-0.4, -0.2) is 0 Å². The van der Waals surface area contributed by atoms with E-state index in [9.17, 15) is 17.6 Å². The maximum Gasteiger partial charge on any atom is 0.159 e. The molecule has 0 aromatic heterocycles. The van der Waals surface area contributed by atoms with Crippen molar-refractivity contribution < 1.29 is 17.6 Å². The molecule has 3 rings (SSSR count). The van der Waals surface area contributed by atoms with Gasteiger partial charge in [-0.25, -0.2) is 17.6 Å². The quantitative estimate of drug-likeness (QED) is 0.552. The molecule has 0 saturated heterocycles. The largest absolute Gasteiger partial charge is 0.376 e. The molecule has 0 aliphatic carbocycles. The molecule has 0 heterocycles. The summed E-state index contributed by atoms with van der Waals surface area (Å²) in [6, 6.07) is 11.0. The lowest BCUT2D eigenvalue weighted by atomic mass is 9.95. The van der Waals surface area contributed by atoms with Gasteiger partial charge in [-0.2, -0.15) is 0 Å². The lowest BCUT2D eigenvalue weighted by Gasteiger charge is -2.15. The van der Waals surface area contributed by atoms with E-state index in [1.807, 2.05) is 19.9 Å². The Kier molecular flexibility index (Phi) is 4.98. The van der Waals surface area contributed by atoms with Crippen molar-refractivity contribution >= 4 is 5.69 Å². The summed E-state index contributed by atoms with van der Waals surface area (Å²) < 4.78 is 54.3. The van der Waals surface area contributed by atoms with Crippen LogP contribution in [0.1, 0.15) is 16.7 Å². The van der Waals surface area contributed by atoms with Gasteiger partial charge in [0.05, 0.1) is 0 Å². The van der Waals surface area contributed by atoms with Crippen LogP contribution >= 0.6 is 0 Å². The Morgan fingerprint density at radius 1 is 0.731 bits per heavy atom. The number of halogens is 4. The Labute approximate surface area is 149 Å². The van der Waals surface area contributed by atoms with Crippen LogP contribution in [0.3, 0.4) is 0 Å². The molecule has 1 N–H and O–H groups in total. The van der Waals surface area contributed by atoms with Crippen LogP contribution in [0.2, 0.25) is 0 Å². The molecule has 0 saturated carbocycles. The van der Waals surface area contributed by atoms with Crippen LogP contribution < -0.4 is 5.32 Å². The highest BCUT2D eigenvalue weighted by Crippen LogP contribution is 2.28. The van der Waals surface area contributed by atoms with E-state index < -0.39 is 23.3 Å². The second kappa shape index (κ2) is 7.20. The van der Waals surface area contributed by atoms with Crippen molar-refractivity contribution in [3.8, 4) is 11.1 Å². The maximum absolute atomic E-state index is 13.8. The monoisotopic (exact) mass is 359 g/mol. The first kappa shape index (κ1) is 18.0. The number of para-hydroxylation sites is 1. The highest BCUT2D eigenvalue weighted by atomic mass is 19.2. The van der Waals surface area contributed by atoms with Crippen LogP contribution in [0, 0.1) is 37.1 Å². The van der Waals surface area contributed by atoms with Crippen LogP contribution in [-0.2, 0) is 6.54 Å². The summed E-state index contributed by atoms with van der Waals surface area (Å²) in [7, 11) is 0. The predicted octanol–water partition coefficient (Wildman–Crippen LogP) is 6.14. The van der Waals surface area contributed by atoms with E-state index in [1.165, 1.54) is 24.3 Å². The maximum atomic E-state index is 13.8. The Morgan fingerprint density at radius 3 is 2.08 bits per heavy atom. The number of hydrogen-bond donors (Lipinski definition) is 1. The van der Waals surface area contributed by atoms with Crippen molar-refractivity contribution in [2.75, 3.05) is 5.32 Å². The summed E-state index contributed by atoms with van der Waals surface area (Å²) in [6.07, 6.45) is 0. The fourth-order valence-corrected chi connectivity index (χ4v) is 2.81. The Hall–Kier alpha value is -2.82. The fraction of sp³-hybridized carbons (Fsp3) is 0.143. The Bertz CT molecular complexity index is 946. The first-order valence-electron chi connectivity index (χ1n) is 8.10. The minimum atomic E-state index is -0.922. The zero-order valence-corrected chi connectivity index (χ0v) is 14.3. The highest BCUT2D eigenvalue weighted by Gasteiger charge is 2.11. The third kappa shape index (κ3) is 3.57. The topological polar surface area (TPSA) is 12.0 Å². The predicted molar refractivity (Wildman–Crippen MR) is 95.0 cm³/mol. The van der Waals surface area contributed by atoms with Crippen LogP contribution in [0.15, 0.2) is 48.5 Å². The second-order valence-electron chi connectivity index (χ2n) is 6.16. The van der Waals surface area contributed by atoms with E-state index in [1.54, 1.807) is 6.07 Å². The van der Waals surface area contributed by atoms with Gasteiger partial charge in [0, 0.05) is 6.54 Å². The third-order valence-electron chi connectivity index (χ3n) is 4.45. The van der Waals surface area contributed by atoms with Gasteiger partial charge in [0.2, 0.25) is 0 Å². The lowest BCUT2D eigenvalue weighted by molar-refractivity contribution is 0.509. The van der Waals surface area contributed by atoms with Gasteiger partial charge in [0.25, 0.3) is 0 Å². The molecule has 0 amide bonds. The normalized spacial score (nSPS) is 10.8. The van der Waals surface area contributed by atoms with Crippen LogP contribution in [0.5, 0.6) is 0 Å². The zero-order valence-electron chi connectivity index (χ0n) is 14.3. The number of benzene rings is 3. The molecular formula is C21H17F4N. The number of aryl methyl sites for hydroxylation is 1. The lowest BCUT2D eigenvalue weighted by Crippen LogP contribution is -2.06. The van der Waals surface area contributed by atoms with E-state index in [2.05, 4.69) is 5.32 Å². The van der Waals surface area contributed by atoms with Gasteiger partial charge in [0.15, 0.2) is 11.6 Å². The highest BCUT2D eigenvalue weighted by molar-refractivity contribution is 5.66. The summed E-state index contributed by atoms with van der Waals surface area (Å²) >= 11 is 0. The van der Waals surface area contributed by atoms with Gasteiger partial charge in [-0.15, -0.1) is 0 Å². The standard InChI is InChI=1S/C21H17F4N/c1-12-8-15(14-6-7-17(22)20(25)10-14)9-16(13(12)2)11-26-21-18(23)4-3-5-19(21)24/h3-10,26H,11H2,1-2H3. The van der Waals surface area contributed by atoms with E-state index in [0.29, 0.717) is 11.1 Å². The second-order valence-corrected chi connectivity index (χ2v) is 6.16. The molecule has 0 atom stereocenters. The van der Waals surface area contributed by atoms with Gasteiger partial charge < -0.3 is 5.32 Å². The van der Waals surface area contributed by atoms with E-state index in [0.717, 1.165) is 28.8 Å². The fourth-order valence-electron chi connectivity index (χ4n) is 2.81. The molecule has 0 radical (unpaired) electrons. The molecule has 0 aliphatic rings. The molecule has 3 aromatic rings. The third-order valence-corrected chi connectivity index (χ3v) is 4.45. The minimum absolute atomic E-state index is 0.192. The molecule has 0 unspecified atom stereocenters. The molecule has 5 heteroatoms. The molecule has 0 fully saturated rings. The van der Waals surface area contributed by atoms with Crippen molar-refractivity contribution in [2.24, 2.45) is 0 Å². The van der Waals surface area contributed by atoms with Crippen molar-refractivity contribution in [3.63, 3.8) is 0 Å². The zero-order chi connectivity index (χ0) is 18.8. The Morgan fingerprint density at radius 2 is 1.42 bits per heavy atom. The Balaban J connectivity index is 1.94. The van der Waals surface area contributed by atoms with Gasteiger partial charge in [0.1, 0.15) is 17.3 Å². The van der Waals surface area contributed by atoms with E-state index in [4.69, 9.17) is 0 Å². The molecule has 0 spiro atoms. The minimum Gasteiger partial charge on any atom is -0.376 e. The average molecular weight is 359 g/mol. The van der Waals surface area contributed by atoms with E-state index in [-0.39, 0.29) is 12.2 Å².